The smallest absolute Gasteiger partial charge is 0.222 e. The number of benzene rings is 1. The van der Waals surface area contributed by atoms with Crippen LogP contribution < -0.4 is 11.1 Å². The fourth-order valence-electron chi connectivity index (χ4n) is 2.29. The van der Waals surface area contributed by atoms with Crippen molar-refractivity contribution in [2.75, 3.05) is 6.26 Å². The maximum absolute atomic E-state index is 11.9. The second kappa shape index (κ2) is 6.15. The first kappa shape index (κ1) is 16.0. The lowest BCUT2D eigenvalue weighted by atomic mass is 10.1. The molecule has 2 rings (SSSR count). The van der Waals surface area contributed by atoms with Crippen LogP contribution in [0.2, 0.25) is 0 Å². The van der Waals surface area contributed by atoms with Gasteiger partial charge in [0, 0.05) is 18.7 Å². The summed E-state index contributed by atoms with van der Waals surface area (Å²) in [4.78, 5) is 12.2. The molecule has 0 saturated heterocycles. The van der Waals surface area contributed by atoms with E-state index >= 15 is 0 Å². The molecule has 1 aliphatic rings. The van der Waals surface area contributed by atoms with Crippen LogP contribution in [-0.2, 0) is 14.6 Å². The average Bonchev–Trinajstić information content (AvgIpc) is 3.21. The fraction of sp³-hybridized carbons (Fsp3) is 0.533. The minimum Gasteiger partial charge on any atom is -0.350 e. The predicted molar refractivity (Wildman–Crippen MR) is 81.4 cm³/mol. The molecule has 116 valence electrons. The molecule has 0 aliphatic heterocycles. The van der Waals surface area contributed by atoms with Crippen molar-refractivity contribution in [3.05, 3.63) is 29.8 Å². The molecule has 2 unspecified atom stereocenters. The molecular formula is C15H22N2O3S. The van der Waals surface area contributed by atoms with Crippen LogP contribution in [0.1, 0.15) is 37.8 Å². The van der Waals surface area contributed by atoms with Crippen molar-refractivity contribution in [1.82, 2.24) is 5.32 Å². The van der Waals surface area contributed by atoms with Gasteiger partial charge >= 0.3 is 0 Å². The van der Waals surface area contributed by atoms with E-state index in [1.807, 2.05) is 6.92 Å². The summed E-state index contributed by atoms with van der Waals surface area (Å²) in [6.07, 6.45) is 3.76. The van der Waals surface area contributed by atoms with Crippen LogP contribution in [0.15, 0.2) is 29.2 Å². The number of sulfone groups is 1. The Morgan fingerprint density at radius 2 is 1.90 bits per heavy atom. The first-order valence-electron chi connectivity index (χ1n) is 7.12. The molecular weight excluding hydrogens is 288 g/mol. The van der Waals surface area contributed by atoms with Crippen LogP contribution in [0.3, 0.4) is 0 Å². The minimum atomic E-state index is -3.19. The van der Waals surface area contributed by atoms with Gasteiger partial charge in [0.05, 0.1) is 10.9 Å². The number of rotatable bonds is 6. The summed E-state index contributed by atoms with van der Waals surface area (Å²) in [5.74, 6) is 0.439. The minimum absolute atomic E-state index is 0.0511. The van der Waals surface area contributed by atoms with Gasteiger partial charge in [-0.2, -0.15) is 0 Å². The van der Waals surface area contributed by atoms with Crippen molar-refractivity contribution in [3.8, 4) is 0 Å². The second-order valence-corrected chi connectivity index (χ2v) is 7.85. The van der Waals surface area contributed by atoms with Gasteiger partial charge in [-0.05, 0) is 43.4 Å². The molecule has 6 heteroatoms. The van der Waals surface area contributed by atoms with Gasteiger partial charge in [-0.25, -0.2) is 8.42 Å². The van der Waals surface area contributed by atoms with E-state index in [1.165, 1.54) is 6.26 Å². The fourth-order valence-corrected chi connectivity index (χ4v) is 2.92. The third-order valence-corrected chi connectivity index (χ3v) is 4.96. The van der Waals surface area contributed by atoms with Crippen molar-refractivity contribution >= 4 is 15.7 Å². The lowest BCUT2D eigenvalue weighted by Crippen LogP contribution is -2.34. The van der Waals surface area contributed by atoms with Crippen LogP contribution in [0.5, 0.6) is 0 Å². The summed E-state index contributed by atoms with van der Waals surface area (Å²) in [5.41, 5.74) is 6.81. The number of carbonyl (C=O) groups excluding carboxylic acids is 1. The molecule has 1 saturated carbocycles. The Morgan fingerprint density at radius 3 is 2.38 bits per heavy atom. The van der Waals surface area contributed by atoms with Gasteiger partial charge in [0.25, 0.3) is 0 Å². The van der Waals surface area contributed by atoms with Crippen molar-refractivity contribution in [2.45, 2.75) is 43.2 Å². The van der Waals surface area contributed by atoms with Gasteiger partial charge in [-0.1, -0.05) is 12.1 Å². The first-order chi connectivity index (χ1) is 9.77. The maximum Gasteiger partial charge on any atom is 0.222 e. The molecule has 1 aromatic rings. The number of carbonyl (C=O) groups is 1. The van der Waals surface area contributed by atoms with E-state index in [1.54, 1.807) is 24.3 Å². The molecule has 2 atom stereocenters. The summed E-state index contributed by atoms with van der Waals surface area (Å²) in [7, 11) is -3.19. The molecule has 0 aromatic heterocycles. The number of nitrogens with two attached hydrogens (primary N) is 1. The summed E-state index contributed by atoms with van der Waals surface area (Å²) in [6.45, 7) is 1.87. The van der Waals surface area contributed by atoms with E-state index < -0.39 is 9.84 Å². The Morgan fingerprint density at radius 1 is 1.33 bits per heavy atom. The van der Waals surface area contributed by atoms with E-state index in [9.17, 15) is 13.2 Å². The number of hydrogen-bond acceptors (Lipinski definition) is 4. The quantitative estimate of drug-likeness (QED) is 0.831. The molecule has 0 spiro atoms. The van der Waals surface area contributed by atoms with Crippen molar-refractivity contribution in [1.29, 1.82) is 0 Å². The van der Waals surface area contributed by atoms with E-state index in [0.717, 1.165) is 18.4 Å². The van der Waals surface area contributed by atoms with E-state index in [-0.39, 0.29) is 22.9 Å². The van der Waals surface area contributed by atoms with Crippen LogP contribution >= 0.6 is 0 Å². The number of hydrogen-bond donors (Lipinski definition) is 2. The highest BCUT2D eigenvalue weighted by atomic mass is 32.2. The Bertz CT molecular complexity index is 606. The summed E-state index contributed by atoms with van der Waals surface area (Å²) in [6, 6.07) is 6.35. The topological polar surface area (TPSA) is 89.3 Å². The first-order valence-corrected chi connectivity index (χ1v) is 9.01. The van der Waals surface area contributed by atoms with Crippen molar-refractivity contribution in [3.63, 3.8) is 0 Å². The zero-order chi connectivity index (χ0) is 15.6. The Hall–Kier alpha value is -1.40. The van der Waals surface area contributed by atoms with Crippen LogP contribution in [0.25, 0.3) is 0 Å². The second-order valence-electron chi connectivity index (χ2n) is 5.84. The monoisotopic (exact) mass is 310 g/mol. The van der Waals surface area contributed by atoms with Gasteiger partial charge in [-0.3, -0.25) is 4.79 Å². The van der Waals surface area contributed by atoms with Crippen molar-refractivity contribution < 1.29 is 13.2 Å². The third kappa shape index (κ3) is 4.54. The standard InChI is InChI=1S/C15H22N2O3S/c1-10(17-15(18)9-14(16)12-3-4-12)11-5-7-13(8-6-11)21(2,19)20/h5-8,10,12,14H,3-4,9,16H2,1-2H3,(H,17,18). The molecule has 21 heavy (non-hydrogen) atoms. The van der Waals surface area contributed by atoms with Gasteiger partial charge in [0.2, 0.25) is 5.91 Å². The highest BCUT2D eigenvalue weighted by molar-refractivity contribution is 7.90. The predicted octanol–water partition coefficient (Wildman–Crippen LogP) is 1.39. The molecule has 1 fully saturated rings. The Labute approximate surface area is 125 Å². The van der Waals surface area contributed by atoms with Crippen LogP contribution in [-0.4, -0.2) is 26.6 Å². The van der Waals surface area contributed by atoms with Crippen LogP contribution in [0, 0.1) is 5.92 Å². The summed E-state index contributed by atoms with van der Waals surface area (Å²) < 4.78 is 22.8. The molecule has 0 heterocycles. The van der Waals surface area contributed by atoms with E-state index in [2.05, 4.69) is 5.32 Å². The lowest BCUT2D eigenvalue weighted by Gasteiger charge is -2.16. The van der Waals surface area contributed by atoms with Crippen molar-refractivity contribution in [2.24, 2.45) is 11.7 Å². The molecule has 3 N–H and O–H groups in total. The van der Waals surface area contributed by atoms with E-state index in [4.69, 9.17) is 5.73 Å². The third-order valence-electron chi connectivity index (χ3n) is 3.83. The lowest BCUT2D eigenvalue weighted by molar-refractivity contribution is -0.122. The Balaban J connectivity index is 1.93. The highest BCUT2D eigenvalue weighted by Crippen LogP contribution is 2.32. The molecule has 1 amide bonds. The summed E-state index contributed by atoms with van der Waals surface area (Å²) >= 11 is 0. The van der Waals surface area contributed by atoms with Gasteiger partial charge in [0.1, 0.15) is 0 Å². The zero-order valence-corrected chi connectivity index (χ0v) is 13.2. The average molecular weight is 310 g/mol. The molecule has 1 aromatic carbocycles. The number of nitrogens with one attached hydrogen (secondary N) is 1. The Kier molecular flexibility index (Phi) is 4.68. The van der Waals surface area contributed by atoms with E-state index in [0.29, 0.717) is 12.3 Å². The number of amides is 1. The molecule has 5 nitrogen and oxygen atoms in total. The maximum atomic E-state index is 11.9. The van der Waals surface area contributed by atoms with Crippen LogP contribution in [0.4, 0.5) is 0 Å². The highest BCUT2D eigenvalue weighted by Gasteiger charge is 2.30. The largest absolute Gasteiger partial charge is 0.350 e. The normalized spacial score (nSPS) is 18.0. The van der Waals surface area contributed by atoms with Gasteiger partial charge in [0.15, 0.2) is 9.84 Å². The zero-order valence-electron chi connectivity index (χ0n) is 12.4. The SMILES string of the molecule is CC(NC(=O)CC(N)C1CC1)c1ccc(S(C)(=O)=O)cc1. The molecule has 0 bridgehead atoms. The molecule has 0 radical (unpaired) electrons. The summed E-state index contributed by atoms with van der Waals surface area (Å²) in [5, 5.41) is 2.90. The van der Waals surface area contributed by atoms with Gasteiger partial charge < -0.3 is 11.1 Å². The molecule has 1 aliphatic carbocycles. The van der Waals surface area contributed by atoms with Gasteiger partial charge in [-0.15, -0.1) is 0 Å².